The third kappa shape index (κ3) is 1.93. The lowest BCUT2D eigenvalue weighted by atomic mass is 10.0. The highest BCUT2D eigenvalue weighted by Crippen LogP contribution is 2.33. The molecule has 0 aliphatic heterocycles. The number of thiophene rings is 1. The first-order valence-corrected chi connectivity index (χ1v) is 7.00. The quantitative estimate of drug-likeness (QED) is 0.721. The van der Waals surface area contributed by atoms with Gasteiger partial charge in [-0.25, -0.2) is 0 Å². The van der Waals surface area contributed by atoms with Crippen molar-refractivity contribution in [1.29, 1.82) is 0 Å². The van der Waals surface area contributed by atoms with Crippen molar-refractivity contribution in [2.24, 2.45) is 5.73 Å². The molecule has 2 N–H and O–H groups in total. The van der Waals surface area contributed by atoms with Gasteiger partial charge in [-0.1, -0.05) is 35.9 Å². The van der Waals surface area contributed by atoms with Crippen molar-refractivity contribution in [3.63, 3.8) is 0 Å². The normalized spacial score (nSPS) is 11.0. The third-order valence-electron chi connectivity index (χ3n) is 3.06. The van der Waals surface area contributed by atoms with E-state index >= 15 is 0 Å². The summed E-state index contributed by atoms with van der Waals surface area (Å²) in [7, 11) is 0. The molecule has 0 aliphatic rings. The lowest BCUT2D eigenvalue weighted by molar-refractivity contribution is 1.07. The van der Waals surface area contributed by atoms with Gasteiger partial charge in [0, 0.05) is 16.3 Å². The lowest BCUT2D eigenvalue weighted by Gasteiger charge is -2.07. The molecule has 18 heavy (non-hydrogen) atoms. The molecule has 0 fully saturated rings. The number of nitrogens with two attached hydrogens (primary N) is 1. The van der Waals surface area contributed by atoms with E-state index < -0.39 is 0 Å². The Labute approximate surface area is 115 Å². The first-order valence-electron chi connectivity index (χ1n) is 5.74. The standard InChI is InChI=1S/C15H12ClNS/c16-14-5-4-11(8-12(14)9-17)13-3-1-2-10-6-7-18-15(10)13/h1-8H,9,17H2. The van der Waals surface area contributed by atoms with Crippen LogP contribution >= 0.6 is 22.9 Å². The maximum Gasteiger partial charge on any atom is 0.0451 e. The molecule has 0 spiro atoms. The number of rotatable bonds is 2. The van der Waals surface area contributed by atoms with Gasteiger partial charge in [0.15, 0.2) is 0 Å². The SMILES string of the molecule is NCc1cc(-c2cccc3ccsc23)ccc1Cl. The van der Waals surface area contributed by atoms with Crippen LogP contribution in [0.25, 0.3) is 21.2 Å². The van der Waals surface area contributed by atoms with E-state index in [2.05, 4.69) is 41.8 Å². The van der Waals surface area contributed by atoms with Gasteiger partial charge in [0.2, 0.25) is 0 Å². The molecule has 3 aromatic rings. The van der Waals surface area contributed by atoms with Gasteiger partial charge in [0.1, 0.15) is 0 Å². The Kier molecular flexibility index (Phi) is 3.08. The van der Waals surface area contributed by atoms with E-state index in [-0.39, 0.29) is 0 Å². The number of benzene rings is 2. The highest BCUT2D eigenvalue weighted by Gasteiger charge is 2.07. The fourth-order valence-electron chi connectivity index (χ4n) is 2.12. The van der Waals surface area contributed by atoms with Gasteiger partial charge in [0.05, 0.1) is 0 Å². The van der Waals surface area contributed by atoms with Crippen molar-refractivity contribution in [3.05, 3.63) is 58.4 Å². The van der Waals surface area contributed by atoms with Crippen molar-refractivity contribution >= 4 is 33.0 Å². The van der Waals surface area contributed by atoms with Crippen molar-refractivity contribution < 1.29 is 0 Å². The van der Waals surface area contributed by atoms with Crippen molar-refractivity contribution in [2.75, 3.05) is 0 Å². The average Bonchev–Trinajstić information content (AvgIpc) is 2.87. The van der Waals surface area contributed by atoms with E-state index in [1.807, 2.05) is 6.07 Å². The molecule has 3 heteroatoms. The zero-order valence-corrected chi connectivity index (χ0v) is 11.3. The van der Waals surface area contributed by atoms with Crippen LogP contribution in [0.15, 0.2) is 47.8 Å². The molecule has 1 aromatic heterocycles. The number of halogens is 1. The fraction of sp³-hybridized carbons (Fsp3) is 0.0667. The summed E-state index contributed by atoms with van der Waals surface area (Å²) in [6, 6.07) is 14.6. The zero-order valence-electron chi connectivity index (χ0n) is 9.69. The molecule has 0 unspecified atom stereocenters. The Morgan fingerprint density at radius 3 is 2.83 bits per heavy atom. The molecule has 0 saturated carbocycles. The summed E-state index contributed by atoms with van der Waals surface area (Å²) in [5, 5.41) is 4.13. The van der Waals surface area contributed by atoms with Crippen molar-refractivity contribution in [1.82, 2.24) is 0 Å². The maximum absolute atomic E-state index is 6.10. The summed E-state index contributed by atoms with van der Waals surface area (Å²) < 4.78 is 1.31. The van der Waals surface area contributed by atoms with Crippen LogP contribution in [-0.4, -0.2) is 0 Å². The minimum absolute atomic E-state index is 0.465. The van der Waals surface area contributed by atoms with E-state index in [9.17, 15) is 0 Å². The predicted octanol–water partition coefficient (Wildman–Crippen LogP) is 4.68. The van der Waals surface area contributed by atoms with Crippen LogP contribution in [0, 0.1) is 0 Å². The summed E-state index contributed by atoms with van der Waals surface area (Å²) in [5.41, 5.74) is 9.12. The Morgan fingerprint density at radius 2 is 2.00 bits per heavy atom. The largest absolute Gasteiger partial charge is 0.326 e. The summed E-state index contributed by atoms with van der Waals surface area (Å²) in [6.45, 7) is 0.465. The summed E-state index contributed by atoms with van der Waals surface area (Å²) in [6.07, 6.45) is 0. The van der Waals surface area contributed by atoms with Gasteiger partial charge in [-0.2, -0.15) is 0 Å². The topological polar surface area (TPSA) is 26.0 Å². The van der Waals surface area contributed by atoms with Crippen molar-refractivity contribution in [2.45, 2.75) is 6.54 Å². The van der Waals surface area contributed by atoms with Crippen LogP contribution in [0.3, 0.4) is 0 Å². The van der Waals surface area contributed by atoms with Crippen LogP contribution in [0.4, 0.5) is 0 Å². The number of hydrogen-bond acceptors (Lipinski definition) is 2. The second-order valence-electron chi connectivity index (χ2n) is 4.15. The third-order valence-corrected chi connectivity index (χ3v) is 4.39. The monoisotopic (exact) mass is 273 g/mol. The van der Waals surface area contributed by atoms with Gasteiger partial charge in [0.25, 0.3) is 0 Å². The Hall–Kier alpha value is -1.35. The molecular formula is C15H12ClNS. The molecule has 90 valence electrons. The smallest absolute Gasteiger partial charge is 0.0451 e. The number of fused-ring (bicyclic) bond motifs is 1. The Morgan fingerprint density at radius 1 is 1.11 bits per heavy atom. The van der Waals surface area contributed by atoms with Crippen molar-refractivity contribution in [3.8, 4) is 11.1 Å². The molecular weight excluding hydrogens is 262 g/mol. The van der Waals surface area contributed by atoms with E-state index in [1.54, 1.807) is 11.3 Å². The maximum atomic E-state index is 6.10. The van der Waals surface area contributed by atoms with E-state index in [4.69, 9.17) is 17.3 Å². The minimum atomic E-state index is 0.465. The van der Waals surface area contributed by atoms with Gasteiger partial charge >= 0.3 is 0 Å². The predicted molar refractivity (Wildman–Crippen MR) is 80.2 cm³/mol. The molecule has 0 aliphatic carbocycles. The molecule has 0 saturated heterocycles. The van der Waals surface area contributed by atoms with Crippen LogP contribution in [0.2, 0.25) is 5.02 Å². The Balaban J connectivity index is 2.23. The lowest BCUT2D eigenvalue weighted by Crippen LogP contribution is -1.97. The first-order chi connectivity index (χ1) is 8.79. The fourth-order valence-corrected chi connectivity index (χ4v) is 3.25. The Bertz CT molecular complexity index is 703. The summed E-state index contributed by atoms with van der Waals surface area (Å²) in [5.74, 6) is 0. The molecule has 0 amide bonds. The van der Waals surface area contributed by atoms with Crippen LogP contribution < -0.4 is 5.73 Å². The molecule has 2 aromatic carbocycles. The second kappa shape index (κ2) is 4.73. The van der Waals surface area contributed by atoms with Crippen LogP contribution in [0.1, 0.15) is 5.56 Å². The van der Waals surface area contributed by atoms with E-state index in [0.29, 0.717) is 6.54 Å². The molecule has 3 rings (SSSR count). The van der Waals surface area contributed by atoms with Crippen LogP contribution in [0.5, 0.6) is 0 Å². The molecule has 0 radical (unpaired) electrons. The first kappa shape index (κ1) is 11.7. The van der Waals surface area contributed by atoms with E-state index in [0.717, 1.165) is 10.6 Å². The highest BCUT2D eigenvalue weighted by atomic mass is 35.5. The molecule has 1 nitrogen and oxygen atoms in total. The molecule has 1 heterocycles. The molecule has 0 atom stereocenters. The van der Waals surface area contributed by atoms with Gasteiger partial charge in [-0.15, -0.1) is 11.3 Å². The molecule has 0 bridgehead atoms. The zero-order chi connectivity index (χ0) is 12.5. The second-order valence-corrected chi connectivity index (χ2v) is 5.48. The summed E-state index contributed by atoms with van der Waals surface area (Å²) >= 11 is 7.87. The average molecular weight is 274 g/mol. The highest BCUT2D eigenvalue weighted by molar-refractivity contribution is 7.17. The van der Waals surface area contributed by atoms with Crippen LogP contribution in [-0.2, 0) is 6.54 Å². The van der Waals surface area contributed by atoms with Gasteiger partial charge in [-0.3, -0.25) is 0 Å². The number of hydrogen-bond donors (Lipinski definition) is 1. The van der Waals surface area contributed by atoms with Gasteiger partial charge in [-0.05, 0) is 45.7 Å². The van der Waals surface area contributed by atoms with Gasteiger partial charge < -0.3 is 5.73 Å². The summed E-state index contributed by atoms with van der Waals surface area (Å²) in [4.78, 5) is 0. The van der Waals surface area contributed by atoms with E-state index in [1.165, 1.54) is 21.2 Å². The minimum Gasteiger partial charge on any atom is -0.326 e.